The predicted octanol–water partition coefficient (Wildman–Crippen LogP) is 2.37. The highest BCUT2D eigenvalue weighted by molar-refractivity contribution is 7.19. The van der Waals surface area contributed by atoms with Crippen molar-refractivity contribution in [3.8, 4) is 0 Å². The summed E-state index contributed by atoms with van der Waals surface area (Å²) in [5.41, 5.74) is 0.420. The van der Waals surface area contributed by atoms with E-state index in [1.807, 2.05) is 0 Å². The number of imide groups is 1. The Bertz CT molecular complexity index is 778. The van der Waals surface area contributed by atoms with Crippen LogP contribution < -0.4 is 5.32 Å². The van der Waals surface area contributed by atoms with Crippen LogP contribution in [0.4, 0.5) is 18.0 Å². The van der Waals surface area contributed by atoms with Gasteiger partial charge >= 0.3 is 12.2 Å². The van der Waals surface area contributed by atoms with Crippen molar-refractivity contribution >= 4 is 45.1 Å². The van der Waals surface area contributed by atoms with E-state index in [4.69, 9.17) is 11.6 Å². The normalized spacial score (nSPS) is 17.0. The molecule has 1 atom stereocenters. The van der Waals surface area contributed by atoms with Gasteiger partial charge in [0.1, 0.15) is 17.5 Å². The van der Waals surface area contributed by atoms with Gasteiger partial charge in [0.15, 0.2) is 0 Å². The first-order chi connectivity index (χ1) is 10.8. The van der Waals surface area contributed by atoms with E-state index in [0.717, 1.165) is 11.3 Å². The number of urea groups is 1. The summed E-state index contributed by atoms with van der Waals surface area (Å²) < 4.78 is 40.4. The van der Waals surface area contributed by atoms with Gasteiger partial charge in [0.05, 0.1) is 16.8 Å². The molecule has 1 aliphatic heterocycles. The number of aromatic nitrogens is 2. The number of nitrogens with zero attached hydrogens (tertiary/aromatic N) is 3. The minimum absolute atomic E-state index is 0.143. The molecule has 3 rings (SSSR count). The molecule has 0 radical (unpaired) electrons. The largest absolute Gasteiger partial charge is 0.409 e. The van der Waals surface area contributed by atoms with Crippen molar-refractivity contribution in [2.45, 2.75) is 18.6 Å². The lowest BCUT2D eigenvalue weighted by Gasteiger charge is -2.26. The third kappa shape index (κ3) is 2.95. The second-order valence-electron chi connectivity index (χ2n) is 4.78. The summed E-state index contributed by atoms with van der Waals surface area (Å²) in [7, 11) is 0. The fourth-order valence-electron chi connectivity index (χ4n) is 2.27. The first-order valence-corrected chi connectivity index (χ1v) is 7.52. The Labute approximate surface area is 136 Å². The number of carbonyl (C=O) groups is 2. The minimum atomic E-state index is -4.75. The van der Waals surface area contributed by atoms with Crippen LogP contribution in [-0.4, -0.2) is 45.6 Å². The van der Waals surface area contributed by atoms with Crippen molar-refractivity contribution in [3.05, 3.63) is 22.4 Å². The average Bonchev–Trinajstić information content (AvgIpc) is 3.00. The standard InChI is InChI=1S/C12H8ClF3N4O2S/c13-10-9-6(18-4-19-10)1-5(23-9)2-7(12(14,15)16)20-8(21)3-17-11(20)22/h1,4,7H,2-3H2,(H,17,22). The van der Waals surface area contributed by atoms with Crippen LogP contribution in [0.2, 0.25) is 5.15 Å². The topological polar surface area (TPSA) is 75.2 Å². The molecule has 1 N–H and O–H groups in total. The first-order valence-electron chi connectivity index (χ1n) is 6.33. The summed E-state index contributed by atoms with van der Waals surface area (Å²) in [5.74, 6) is -0.906. The molecule has 1 saturated heterocycles. The molecular formula is C12H8ClF3N4O2S. The van der Waals surface area contributed by atoms with Crippen LogP contribution in [0.3, 0.4) is 0 Å². The van der Waals surface area contributed by atoms with Gasteiger partial charge in [-0.2, -0.15) is 13.2 Å². The van der Waals surface area contributed by atoms with E-state index < -0.39 is 37.1 Å². The molecule has 11 heteroatoms. The average molecular weight is 365 g/mol. The lowest BCUT2D eigenvalue weighted by Crippen LogP contribution is -2.50. The first kappa shape index (κ1) is 15.9. The van der Waals surface area contributed by atoms with Crippen molar-refractivity contribution < 1.29 is 22.8 Å². The number of nitrogens with one attached hydrogen (secondary N) is 1. The number of hydrogen-bond acceptors (Lipinski definition) is 5. The zero-order valence-electron chi connectivity index (χ0n) is 11.2. The summed E-state index contributed by atoms with van der Waals surface area (Å²) in [4.78, 5) is 31.4. The number of rotatable bonds is 3. The van der Waals surface area contributed by atoms with E-state index in [1.54, 1.807) is 0 Å². The van der Waals surface area contributed by atoms with E-state index in [9.17, 15) is 22.8 Å². The monoisotopic (exact) mass is 364 g/mol. The maximum atomic E-state index is 13.3. The lowest BCUT2D eigenvalue weighted by atomic mass is 10.1. The number of amides is 3. The molecule has 3 heterocycles. The minimum Gasteiger partial charge on any atom is -0.329 e. The molecular weight excluding hydrogens is 357 g/mol. The Balaban J connectivity index is 1.96. The fraction of sp³-hybridized carbons (Fsp3) is 0.333. The second kappa shape index (κ2) is 5.60. The molecule has 1 aliphatic rings. The van der Waals surface area contributed by atoms with Crippen molar-refractivity contribution in [2.75, 3.05) is 6.54 Å². The molecule has 0 aromatic carbocycles. The smallest absolute Gasteiger partial charge is 0.329 e. The zero-order valence-corrected chi connectivity index (χ0v) is 12.8. The molecule has 2 aromatic heterocycles. The zero-order chi connectivity index (χ0) is 16.8. The summed E-state index contributed by atoms with van der Waals surface area (Å²) >= 11 is 6.88. The Hall–Kier alpha value is -1.94. The van der Waals surface area contributed by atoms with Crippen molar-refractivity contribution in [1.82, 2.24) is 20.2 Å². The number of halogens is 4. The van der Waals surface area contributed by atoms with Gasteiger partial charge in [-0.25, -0.2) is 14.8 Å². The van der Waals surface area contributed by atoms with Crippen LogP contribution in [0.1, 0.15) is 4.88 Å². The van der Waals surface area contributed by atoms with Crippen molar-refractivity contribution in [2.24, 2.45) is 0 Å². The molecule has 1 unspecified atom stereocenters. The molecule has 0 bridgehead atoms. The van der Waals surface area contributed by atoms with E-state index in [0.29, 0.717) is 15.1 Å². The van der Waals surface area contributed by atoms with Gasteiger partial charge < -0.3 is 5.32 Å². The van der Waals surface area contributed by atoms with Crippen LogP contribution in [0.25, 0.3) is 10.2 Å². The third-order valence-corrected chi connectivity index (χ3v) is 4.83. The quantitative estimate of drug-likeness (QED) is 0.670. The van der Waals surface area contributed by atoms with Crippen molar-refractivity contribution in [3.63, 3.8) is 0 Å². The van der Waals surface area contributed by atoms with Gasteiger partial charge in [0.25, 0.3) is 5.91 Å². The molecule has 23 heavy (non-hydrogen) atoms. The summed E-state index contributed by atoms with van der Waals surface area (Å²) in [6, 6.07) is -1.83. The molecule has 0 saturated carbocycles. The Kier molecular flexibility index (Phi) is 3.88. The summed E-state index contributed by atoms with van der Waals surface area (Å²) in [6.45, 7) is -0.435. The highest BCUT2D eigenvalue weighted by Crippen LogP contribution is 2.34. The highest BCUT2D eigenvalue weighted by Gasteiger charge is 2.50. The van der Waals surface area contributed by atoms with E-state index in [-0.39, 0.29) is 10.1 Å². The molecule has 0 spiro atoms. The maximum absolute atomic E-state index is 13.3. The van der Waals surface area contributed by atoms with Gasteiger partial charge in [0.2, 0.25) is 0 Å². The van der Waals surface area contributed by atoms with Crippen LogP contribution >= 0.6 is 22.9 Å². The Morgan fingerprint density at radius 1 is 1.39 bits per heavy atom. The van der Waals surface area contributed by atoms with Gasteiger partial charge in [-0.15, -0.1) is 11.3 Å². The highest BCUT2D eigenvalue weighted by atomic mass is 35.5. The summed E-state index contributed by atoms with van der Waals surface area (Å²) in [6.07, 6.45) is -4.09. The molecule has 0 aliphatic carbocycles. The van der Waals surface area contributed by atoms with Crippen LogP contribution in [0.15, 0.2) is 12.4 Å². The Morgan fingerprint density at radius 2 is 2.13 bits per heavy atom. The van der Waals surface area contributed by atoms with E-state index in [1.165, 1.54) is 12.4 Å². The SMILES string of the molecule is O=C1CNC(=O)N1C(Cc1cc2ncnc(Cl)c2s1)C(F)(F)F. The number of carbonyl (C=O) groups excluding carboxylic acids is 2. The van der Waals surface area contributed by atoms with Crippen LogP contribution in [-0.2, 0) is 11.2 Å². The van der Waals surface area contributed by atoms with Gasteiger partial charge in [0, 0.05) is 11.3 Å². The van der Waals surface area contributed by atoms with E-state index in [2.05, 4.69) is 15.3 Å². The number of thiophene rings is 1. The second-order valence-corrected chi connectivity index (χ2v) is 6.27. The number of fused-ring (bicyclic) bond motifs is 1. The predicted molar refractivity (Wildman–Crippen MR) is 76.2 cm³/mol. The molecule has 6 nitrogen and oxygen atoms in total. The van der Waals surface area contributed by atoms with Crippen LogP contribution in [0, 0.1) is 0 Å². The third-order valence-electron chi connectivity index (χ3n) is 3.28. The molecule has 2 aromatic rings. The van der Waals surface area contributed by atoms with Gasteiger partial charge in [-0.3, -0.25) is 9.69 Å². The number of alkyl halides is 3. The molecule has 3 amide bonds. The Morgan fingerprint density at radius 3 is 2.70 bits per heavy atom. The van der Waals surface area contributed by atoms with Gasteiger partial charge in [-0.1, -0.05) is 11.6 Å². The molecule has 1 fully saturated rings. The number of hydrogen-bond donors (Lipinski definition) is 1. The van der Waals surface area contributed by atoms with Crippen molar-refractivity contribution in [1.29, 1.82) is 0 Å². The molecule has 122 valence electrons. The van der Waals surface area contributed by atoms with E-state index >= 15 is 0 Å². The van der Waals surface area contributed by atoms with Gasteiger partial charge in [-0.05, 0) is 6.07 Å². The maximum Gasteiger partial charge on any atom is 0.409 e. The lowest BCUT2D eigenvalue weighted by molar-refractivity contribution is -0.179. The van der Waals surface area contributed by atoms with Crippen LogP contribution in [0.5, 0.6) is 0 Å². The summed E-state index contributed by atoms with van der Waals surface area (Å²) in [5, 5.41) is 2.23. The fourth-order valence-corrected chi connectivity index (χ4v) is 3.55.